The van der Waals surface area contributed by atoms with E-state index in [4.69, 9.17) is 32.7 Å². The van der Waals surface area contributed by atoms with Gasteiger partial charge in [-0.2, -0.15) is 0 Å². The third kappa shape index (κ3) is 4.68. The monoisotopic (exact) mass is 416 g/mol. The lowest BCUT2D eigenvalue weighted by molar-refractivity contribution is -0.115. The first-order valence-corrected chi connectivity index (χ1v) is 9.11. The van der Waals surface area contributed by atoms with Crippen LogP contribution in [0.3, 0.4) is 0 Å². The Bertz CT molecular complexity index is 1010. The maximum atomic E-state index is 12.3. The zero-order chi connectivity index (χ0) is 20.1. The van der Waals surface area contributed by atoms with Crippen LogP contribution < -0.4 is 10.1 Å². The molecule has 0 aliphatic carbocycles. The van der Waals surface area contributed by atoms with E-state index in [1.54, 1.807) is 55.7 Å². The predicted octanol–water partition coefficient (Wildman–Crippen LogP) is 5.67. The molecule has 5 nitrogen and oxygen atoms in total. The Morgan fingerprint density at radius 2 is 1.79 bits per heavy atom. The minimum Gasteiger partial charge on any atom is -0.497 e. The van der Waals surface area contributed by atoms with E-state index in [2.05, 4.69) is 10.3 Å². The lowest BCUT2D eigenvalue weighted by Gasteiger charge is -2.08. The number of carbonyl (C=O) groups is 1. The van der Waals surface area contributed by atoms with Gasteiger partial charge in [-0.05, 0) is 54.6 Å². The van der Waals surface area contributed by atoms with Crippen LogP contribution in [0, 0.1) is 0 Å². The first kappa shape index (κ1) is 19.9. The van der Waals surface area contributed by atoms with Crippen molar-refractivity contribution in [2.75, 3.05) is 19.5 Å². The number of aromatic nitrogens is 1. The molecule has 2 aromatic carbocycles. The Balaban J connectivity index is 1.71. The van der Waals surface area contributed by atoms with Crippen molar-refractivity contribution < 1.29 is 14.3 Å². The van der Waals surface area contributed by atoms with Crippen molar-refractivity contribution in [3.8, 4) is 5.75 Å². The predicted molar refractivity (Wildman–Crippen MR) is 114 cm³/mol. The van der Waals surface area contributed by atoms with Crippen LogP contribution in [0.4, 0.5) is 5.69 Å². The minimum absolute atomic E-state index is 0.175. The molecule has 0 atom stereocenters. The molecule has 0 bridgehead atoms. The van der Waals surface area contributed by atoms with Gasteiger partial charge in [0.15, 0.2) is 5.76 Å². The number of rotatable bonds is 6. The van der Waals surface area contributed by atoms with Crippen molar-refractivity contribution in [1.29, 1.82) is 0 Å². The maximum Gasteiger partial charge on any atom is 0.290 e. The van der Waals surface area contributed by atoms with Crippen molar-refractivity contribution in [1.82, 2.24) is 4.98 Å². The first-order valence-electron chi connectivity index (χ1n) is 8.35. The number of amides is 1. The molecule has 144 valence electrons. The molecule has 0 aliphatic rings. The molecule has 0 radical (unpaired) electrons. The molecule has 1 heterocycles. The molecule has 0 fully saturated rings. The van der Waals surface area contributed by atoms with Gasteiger partial charge in [0.1, 0.15) is 5.75 Å². The van der Waals surface area contributed by atoms with Gasteiger partial charge in [-0.25, -0.2) is 0 Å². The lowest BCUT2D eigenvalue weighted by Crippen LogP contribution is -2.15. The van der Waals surface area contributed by atoms with Gasteiger partial charge in [-0.15, -0.1) is 0 Å². The van der Waals surface area contributed by atoms with Crippen molar-refractivity contribution in [2.24, 2.45) is 0 Å². The van der Waals surface area contributed by atoms with E-state index in [1.807, 2.05) is 12.1 Å². The van der Waals surface area contributed by atoms with E-state index >= 15 is 0 Å². The molecule has 0 aliphatic heterocycles. The molecule has 2 N–H and O–H groups in total. The van der Waals surface area contributed by atoms with E-state index in [9.17, 15) is 4.79 Å². The molecule has 0 saturated carbocycles. The number of allylic oxidation sites excluding steroid dienone is 2. The van der Waals surface area contributed by atoms with E-state index in [-0.39, 0.29) is 11.7 Å². The van der Waals surface area contributed by atoms with Gasteiger partial charge in [0.25, 0.3) is 5.91 Å². The molecule has 0 spiro atoms. The summed E-state index contributed by atoms with van der Waals surface area (Å²) in [6, 6.07) is 12.5. The number of H-pyrrole nitrogens is 1. The van der Waals surface area contributed by atoms with Gasteiger partial charge < -0.3 is 19.8 Å². The molecule has 7 heteroatoms. The molecular formula is C21H18Cl2N2O3. The molecular weight excluding hydrogens is 399 g/mol. The average Bonchev–Trinajstić information content (AvgIpc) is 3.07. The summed E-state index contributed by atoms with van der Waals surface area (Å²) in [7, 11) is 3.03. The van der Waals surface area contributed by atoms with Gasteiger partial charge >= 0.3 is 0 Å². The summed E-state index contributed by atoms with van der Waals surface area (Å²) >= 11 is 12.1. The molecule has 3 rings (SSSR count). The van der Waals surface area contributed by atoms with Gasteiger partial charge in [0.2, 0.25) is 0 Å². The molecule has 0 unspecified atom stereocenters. The van der Waals surface area contributed by atoms with E-state index in [0.717, 1.165) is 16.6 Å². The molecule has 1 amide bonds. The summed E-state index contributed by atoms with van der Waals surface area (Å²) < 4.78 is 10.3. The highest BCUT2D eigenvalue weighted by Crippen LogP contribution is 2.28. The highest BCUT2D eigenvalue weighted by atomic mass is 35.5. The zero-order valence-electron chi connectivity index (χ0n) is 15.3. The smallest absolute Gasteiger partial charge is 0.290 e. The molecule has 3 aromatic rings. The number of ether oxygens (including phenoxy) is 2. The Hall–Kier alpha value is -2.89. The average molecular weight is 417 g/mol. The van der Waals surface area contributed by atoms with Gasteiger partial charge in [0.05, 0.1) is 24.3 Å². The highest BCUT2D eigenvalue weighted by molar-refractivity contribution is 6.42. The number of hydrogen-bond donors (Lipinski definition) is 2. The Labute approximate surface area is 172 Å². The summed E-state index contributed by atoms with van der Waals surface area (Å²) in [5.41, 5.74) is 2.36. The summed E-state index contributed by atoms with van der Waals surface area (Å²) in [5, 5.41) is 4.70. The SMILES string of the molecule is CO/C(=C\C=C\c1cc2cc(Cl)c(Cl)cc2[nH]1)C(=O)Nc1ccc(OC)cc1. The lowest BCUT2D eigenvalue weighted by atomic mass is 10.2. The molecule has 1 aromatic heterocycles. The molecule has 28 heavy (non-hydrogen) atoms. The quantitative estimate of drug-likeness (QED) is 0.309. The van der Waals surface area contributed by atoms with Crippen LogP contribution in [0.15, 0.2) is 60.4 Å². The van der Waals surface area contributed by atoms with Crippen LogP contribution in [0.25, 0.3) is 17.0 Å². The number of nitrogens with one attached hydrogen (secondary N) is 2. The van der Waals surface area contributed by atoms with Crippen LogP contribution in [0.5, 0.6) is 5.75 Å². The number of aromatic amines is 1. The second kappa shape index (κ2) is 8.87. The standard InChI is InChI=1S/C21H18Cl2N2O3/c1-27-16-8-6-14(7-9-16)25-21(26)20(28-2)5-3-4-15-10-13-11-17(22)18(23)12-19(13)24-15/h3-12,24H,1-2H3,(H,25,26)/b4-3+,20-5-. The number of hydrogen-bond acceptors (Lipinski definition) is 3. The Morgan fingerprint density at radius 1 is 1.07 bits per heavy atom. The normalized spacial score (nSPS) is 11.8. The Morgan fingerprint density at radius 3 is 2.46 bits per heavy atom. The fraction of sp³-hybridized carbons (Fsp3) is 0.0952. The van der Waals surface area contributed by atoms with Crippen LogP contribution in [-0.2, 0) is 9.53 Å². The number of fused-ring (bicyclic) bond motifs is 1. The topological polar surface area (TPSA) is 63.4 Å². The summed E-state index contributed by atoms with van der Waals surface area (Å²) in [6.45, 7) is 0. The zero-order valence-corrected chi connectivity index (χ0v) is 16.8. The number of benzene rings is 2. The van der Waals surface area contributed by atoms with Gasteiger partial charge in [-0.1, -0.05) is 29.3 Å². The fourth-order valence-corrected chi connectivity index (χ4v) is 2.92. The number of carbonyl (C=O) groups excluding carboxylic acids is 1. The van der Waals surface area contributed by atoms with Crippen LogP contribution in [0.2, 0.25) is 10.0 Å². The van der Waals surface area contributed by atoms with Crippen molar-refractivity contribution in [3.05, 3.63) is 76.1 Å². The minimum atomic E-state index is -0.354. The van der Waals surface area contributed by atoms with Gasteiger partial charge in [-0.3, -0.25) is 4.79 Å². The highest BCUT2D eigenvalue weighted by Gasteiger charge is 2.09. The number of methoxy groups -OCH3 is 2. The molecule has 0 saturated heterocycles. The summed E-state index contributed by atoms with van der Waals surface area (Å²) in [4.78, 5) is 15.6. The first-order chi connectivity index (χ1) is 13.5. The Kier molecular flexibility index (Phi) is 6.29. The van der Waals surface area contributed by atoms with Crippen molar-refractivity contribution in [2.45, 2.75) is 0 Å². The van der Waals surface area contributed by atoms with Crippen LogP contribution in [0.1, 0.15) is 5.69 Å². The third-order valence-electron chi connectivity index (χ3n) is 4.00. The second-order valence-electron chi connectivity index (χ2n) is 5.86. The number of halogens is 2. The second-order valence-corrected chi connectivity index (χ2v) is 6.67. The van der Waals surface area contributed by atoms with Crippen LogP contribution in [-0.4, -0.2) is 25.1 Å². The number of anilines is 1. The van der Waals surface area contributed by atoms with E-state index in [0.29, 0.717) is 21.5 Å². The van der Waals surface area contributed by atoms with E-state index < -0.39 is 0 Å². The van der Waals surface area contributed by atoms with Crippen molar-refractivity contribution >= 4 is 51.8 Å². The fourth-order valence-electron chi connectivity index (χ4n) is 2.58. The summed E-state index contributed by atoms with van der Waals surface area (Å²) in [5.74, 6) is 0.533. The third-order valence-corrected chi connectivity index (χ3v) is 4.72. The van der Waals surface area contributed by atoms with Crippen molar-refractivity contribution in [3.63, 3.8) is 0 Å². The van der Waals surface area contributed by atoms with Crippen LogP contribution >= 0.6 is 23.2 Å². The van der Waals surface area contributed by atoms with Gasteiger partial charge in [0, 0.05) is 22.3 Å². The summed E-state index contributed by atoms with van der Waals surface area (Å²) in [6.07, 6.45) is 5.13. The maximum absolute atomic E-state index is 12.3. The largest absolute Gasteiger partial charge is 0.497 e. The van der Waals surface area contributed by atoms with E-state index in [1.165, 1.54) is 7.11 Å².